The van der Waals surface area contributed by atoms with E-state index in [-0.39, 0.29) is 5.75 Å². The highest BCUT2D eigenvalue weighted by molar-refractivity contribution is 8.01. The minimum atomic E-state index is -3.10. The molecule has 2 rings (SSSR count). The van der Waals surface area contributed by atoms with E-state index in [9.17, 15) is 8.42 Å². The molecule has 6 heteroatoms. The molecule has 2 N–H and O–H groups in total. The van der Waals surface area contributed by atoms with Crippen LogP contribution < -0.4 is 10.6 Å². The smallest absolute Gasteiger partial charge is 0.171 e. The molecule has 1 unspecified atom stereocenters. The number of hydrogen-bond acceptors (Lipinski definition) is 5. The highest BCUT2D eigenvalue weighted by atomic mass is 32.2. The molecule has 1 aliphatic heterocycles. The van der Waals surface area contributed by atoms with Gasteiger partial charge in [-0.05, 0) is 24.6 Å². The van der Waals surface area contributed by atoms with Crippen LogP contribution in [0.15, 0.2) is 18.2 Å². The Kier molecular flexibility index (Phi) is 4.30. The number of benzene rings is 1. The van der Waals surface area contributed by atoms with Crippen LogP contribution in [-0.4, -0.2) is 37.6 Å². The number of nitrogens with zero attached hydrogens (tertiary/aromatic N) is 1. The summed E-state index contributed by atoms with van der Waals surface area (Å²) in [4.78, 5) is 1.96. The second kappa shape index (κ2) is 5.63. The first kappa shape index (κ1) is 14.5. The lowest BCUT2D eigenvalue weighted by molar-refractivity contribution is 0.580. The summed E-state index contributed by atoms with van der Waals surface area (Å²) in [5, 5.41) is -0.458. The molecule has 0 saturated carbocycles. The standard InChI is InChI=1S/C13H20N2O2S2/c1-3-19(16,17)13-9-18-7-6-15(13)12-8-10(2)4-5-11(12)14/h4-5,8,13H,3,6-7,9,14H2,1-2H3. The van der Waals surface area contributed by atoms with Gasteiger partial charge in [-0.25, -0.2) is 8.42 Å². The molecule has 1 heterocycles. The van der Waals surface area contributed by atoms with Crippen LogP contribution in [0.1, 0.15) is 12.5 Å². The molecule has 1 aromatic rings. The van der Waals surface area contributed by atoms with Gasteiger partial charge in [0.25, 0.3) is 0 Å². The van der Waals surface area contributed by atoms with Crippen LogP contribution in [-0.2, 0) is 9.84 Å². The van der Waals surface area contributed by atoms with Crippen molar-refractivity contribution in [2.24, 2.45) is 0 Å². The van der Waals surface area contributed by atoms with Crippen molar-refractivity contribution in [3.63, 3.8) is 0 Å². The van der Waals surface area contributed by atoms with E-state index in [1.165, 1.54) is 0 Å². The minimum Gasteiger partial charge on any atom is -0.397 e. The van der Waals surface area contributed by atoms with Crippen LogP contribution in [0.5, 0.6) is 0 Å². The average Bonchev–Trinajstić information content (AvgIpc) is 2.41. The zero-order valence-electron chi connectivity index (χ0n) is 11.3. The van der Waals surface area contributed by atoms with Gasteiger partial charge in [0.1, 0.15) is 5.37 Å². The third-order valence-corrected chi connectivity index (χ3v) is 6.69. The third kappa shape index (κ3) is 3.00. The van der Waals surface area contributed by atoms with E-state index in [1.807, 2.05) is 30.0 Å². The van der Waals surface area contributed by atoms with Gasteiger partial charge >= 0.3 is 0 Å². The molecule has 1 fully saturated rings. The fourth-order valence-electron chi connectivity index (χ4n) is 2.25. The first-order valence-electron chi connectivity index (χ1n) is 6.38. The summed E-state index contributed by atoms with van der Waals surface area (Å²) in [5.74, 6) is 1.72. The second-order valence-corrected chi connectivity index (χ2v) is 8.33. The topological polar surface area (TPSA) is 63.4 Å². The predicted octanol–water partition coefficient (Wildman–Crippen LogP) is 1.89. The van der Waals surface area contributed by atoms with Gasteiger partial charge in [0.15, 0.2) is 9.84 Å². The van der Waals surface area contributed by atoms with E-state index < -0.39 is 15.2 Å². The molecule has 0 aliphatic carbocycles. The van der Waals surface area contributed by atoms with Gasteiger partial charge in [0.2, 0.25) is 0 Å². The van der Waals surface area contributed by atoms with Crippen molar-refractivity contribution in [2.45, 2.75) is 19.2 Å². The highest BCUT2D eigenvalue weighted by Crippen LogP contribution is 2.32. The summed E-state index contributed by atoms with van der Waals surface area (Å²) in [6.45, 7) is 4.42. The zero-order valence-corrected chi connectivity index (χ0v) is 12.9. The van der Waals surface area contributed by atoms with Gasteiger partial charge < -0.3 is 10.6 Å². The first-order chi connectivity index (χ1) is 8.95. The van der Waals surface area contributed by atoms with Gasteiger partial charge in [-0.15, -0.1) is 0 Å². The summed E-state index contributed by atoms with van der Waals surface area (Å²) < 4.78 is 24.5. The Morgan fingerprint density at radius 1 is 1.47 bits per heavy atom. The van der Waals surface area contributed by atoms with Crippen LogP contribution >= 0.6 is 11.8 Å². The Bertz CT molecular complexity index is 558. The normalized spacial score (nSPS) is 20.5. The van der Waals surface area contributed by atoms with Crippen molar-refractivity contribution in [3.8, 4) is 0 Å². The Balaban J connectivity index is 2.42. The molecule has 0 amide bonds. The molecule has 106 valence electrons. The molecule has 1 saturated heterocycles. The number of aryl methyl sites for hydroxylation is 1. The van der Waals surface area contributed by atoms with Crippen LogP contribution in [0.25, 0.3) is 0 Å². The lowest BCUT2D eigenvalue weighted by Gasteiger charge is -2.37. The maximum Gasteiger partial charge on any atom is 0.171 e. The SMILES string of the molecule is CCS(=O)(=O)C1CSCCN1c1cc(C)ccc1N. The predicted molar refractivity (Wildman–Crippen MR) is 83.5 cm³/mol. The van der Waals surface area contributed by atoms with E-state index in [1.54, 1.807) is 18.7 Å². The van der Waals surface area contributed by atoms with Crippen molar-refractivity contribution in [1.29, 1.82) is 0 Å². The monoisotopic (exact) mass is 300 g/mol. The van der Waals surface area contributed by atoms with Crippen molar-refractivity contribution < 1.29 is 8.42 Å². The fourth-order valence-corrected chi connectivity index (χ4v) is 5.23. The van der Waals surface area contributed by atoms with Crippen molar-refractivity contribution in [1.82, 2.24) is 0 Å². The Hall–Kier alpha value is -0.880. The summed E-state index contributed by atoms with van der Waals surface area (Å²) >= 11 is 1.69. The fraction of sp³-hybridized carbons (Fsp3) is 0.538. The summed E-state index contributed by atoms with van der Waals surface area (Å²) in [6, 6.07) is 5.77. The minimum absolute atomic E-state index is 0.167. The second-order valence-electron chi connectivity index (χ2n) is 4.74. The molecule has 0 aromatic heterocycles. The number of sulfone groups is 1. The number of nitrogens with two attached hydrogens (primary N) is 1. The highest BCUT2D eigenvalue weighted by Gasteiger charge is 2.33. The van der Waals surface area contributed by atoms with Crippen molar-refractivity contribution >= 4 is 33.0 Å². The van der Waals surface area contributed by atoms with Gasteiger partial charge in [-0.1, -0.05) is 13.0 Å². The van der Waals surface area contributed by atoms with Crippen LogP contribution in [0.4, 0.5) is 11.4 Å². The molecule has 0 bridgehead atoms. The molecule has 1 aliphatic rings. The maximum absolute atomic E-state index is 12.2. The lowest BCUT2D eigenvalue weighted by Crippen LogP contribution is -2.48. The summed E-state index contributed by atoms with van der Waals surface area (Å²) in [7, 11) is -3.10. The van der Waals surface area contributed by atoms with Crippen LogP contribution in [0.3, 0.4) is 0 Å². The van der Waals surface area contributed by atoms with E-state index in [2.05, 4.69) is 0 Å². The molecular formula is C13H20N2O2S2. The van der Waals surface area contributed by atoms with E-state index >= 15 is 0 Å². The van der Waals surface area contributed by atoms with Crippen LogP contribution in [0.2, 0.25) is 0 Å². The first-order valence-corrected chi connectivity index (χ1v) is 9.25. The quantitative estimate of drug-likeness (QED) is 0.864. The zero-order chi connectivity index (χ0) is 14.0. The van der Waals surface area contributed by atoms with E-state index in [0.717, 1.165) is 23.5 Å². The van der Waals surface area contributed by atoms with Gasteiger partial charge in [-0.2, -0.15) is 11.8 Å². The molecule has 19 heavy (non-hydrogen) atoms. The third-order valence-electron chi connectivity index (χ3n) is 3.40. The molecule has 1 aromatic carbocycles. The van der Waals surface area contributed by atoms with Gasteiger partial charge in [0, 0.05) is 23.8 Å². The van der Waals surface area contributed by atoms with E-state index in [4.69, 9.17) is 5.73 Å². The number of rotatable bonds is 3. The van der Waals surface area contributed by atoms with Crippen molar-refractivity contribution in [2.75, 3.05) is 34.4 Å². The average molecular weight is 300 g/mol. The number of nitrogen functional groups attached to an aromatic ring is 1. The summed E-state index contributed by atoms with van der Waals surface area (Å²) in [5.41, 5.74) is 8.61. The lowest BCUT2D eigenvalue weighted by atomic mass is 10.1. The number of hydrogen-bond donors (Lipinski definition) is 1. The number of thioether (sulfide) groups is 1. The molecule has 1 atom stereocenters. The van der Waals surface area contributed by atoms with Crippen molar-refractivity contribution in [3.05, 3.63) is 23.8 Å². The van der Waals surface area contributed by atoms with E-state index in [0.29, 0.717) is 11.4 Å². The van der Waals surface area contributed by atoms with Crippen LogP contribution in [0, 0.1) is 6.92 Å². The Morgan fingerprint density at radius 3 is 2.89 bits per heavy atom. The molecular weight excluding hydrogens is 280 g/mol. The largest absolute Gasteiger partial charge is 0.397 e. The maximum atomic E-state index is 12.2. The van der Waals surface area contributed by atoms with Gasteiger partial charge in [0.05, 0.1) is 11.4 Å². The summed E-state index contributed by atoms with van der Waals surface area (Å²) in [6.07, 6.45) is 0. The molecule has 0 spiro atoms. The number of anilines is 2. The molecule has 4 nitrogen and oxygen atoms in total. The molecule has 0 radical (unpaired) electrons. The Morgan fingerprint density at radius 2 is 2.21 bits per heavy atom. The Labute approximate surface area is 119 Å². The van der Waals surface area contributed by atoms with Gasteiger partial charge in [-0.3, -0.25) is 0 Å².